The number of rotatable bonds is 2. The lowest BCUT2D eigenvalue weighted by molar-refractivity contribution is 0.0957. The summed E-state index contributed by atoms with van der Waals surface area (Å²) in [5.41, 5.74) is 1.76. The average molecular weight is 294 g/mol. The quantitative estimate of drug-likeness (QED) is 0.845. The van der Waals surface area contributed by atoms with E-state index in [2.05, 4.69) is 12.2 Å². The highest BCUT2D eigenvalue weighted by atomic mass is 35.5. The maximum absolute atomic E-state index is 12.0. The molecule has 1 aromatic rings. The highest BCUT2D eigenvalue weighted by molar-refractivity contribution is 6.21. The van der Waals surface area contributed by atoms with E-state index in [4.69, 9.17) is 16.3 Å². The van der Waals surface area contributed by atoms with Gasteiger partial charge in [0.2, 0.25) is 0 Å². The summed E-state index contributed by atoms with van der Waals surface area (Å²) in [6.07, 6.45) is 4.80. The minimum absolute atomic E-state index is 0.0497. The first-order chi connectivity index (χ1) is 9.60. The molecule has 1 heterocycles. The van der Waals surface area contributed by atoms with Crippen molar-refractivity contribution >= 4 is 17.5 Å². The number of fused-ring (bicyclic) bond motifs is 1. The number of alkyl halides is 1. The first-order valence-corrected chi connectivity index (χ1v) is 7.73. The molecule has 0 aromatic heterocycles. The third-order valence-corrected chi connectivity index (χ3v) is 5.32. The summed E-state index contributed by atoms with van der Waals surface area (Å²) in [5.74, 6) is 0.587. The van der Waals surface area contributed by atoms with Crippen LogP contribution in [0.1, 0.15) is 53.9 Å². The predicted molar refractivity (Wildman–Crippen MR) is 79.4 cm³/mol. The van der Waals surface area contributed by atoms with Crippen LogP contribution in [0.2, 0.25) is 0 Å². The molecule has 1 fully saturated rings. The maximum Gasteiger partial charge on any atom is 0.255 e. The molecule has 3 rings (SSSR count). The van der Waals surface area contributed by atoms with Crippen molar-refractivity contribution in [2.75, 3.05) is 13.2 Å². The Morgan fingerprint density at radius 2 is 2.10 bits per heavy atom. The molecule has 1 aromatic carbocycles. The lowest BCUT2D eigenvalue weighted by Gasteiger charge is -2.30. The first kappa shape index (κ1) is 13.7. The molecule has 0 spiro atoms. The summed E-state index contributed by atoms with van der Waals surface area (Å²) in [7, 11) is 0. The number of amides is 1. The van der Waals surface area contributed by atoms with Crippen molar-refractivity contribution in [3.8, 4) is 5.75 Å². The number of ether oxygens (including phenoxy) is 1. The molecule has 108 valence electrons. The van der Waals surface area contributed by atoms with Gasteiger partial charge in [0, 0.05) is 0 Å². The first-order valence-electron chi connectivity index (χ1n) is 7.29. The van der Waals surface area contributed by atoms with E-state index < -0.39 is 0 Å². The largest absolute Gasteiger partial charge is 0.491 e. The maximum atomic E-state index is 12.0. The van der Waals surface area contributed by atoms with Gasteiger partial charge >= 0.3 is 0 Å². The molecule has 1 N–H and O–H groups in total. The summed E-state index contributed by atoms with van der Waals surface area (Å²) < 4.78 is 5.58. The van der Waals surface area contributed by atoms with Crippen LogP contribution >= 0.6 is 11.6 Å². The van der Waals surface area contributed by atoms with Gasteiger partial charge in [0.1, 0.15) is 12.4 Å². The van der Waals surface area contributed by atoms with Gasteiger partial charge in [-0.15, -0.1) is 11.6 Å². The molecular formula is C16H20ClNO2. The Kier molecular flexibility index (Phi) is 3.63. The standard InChI is InChI=1S/C16H20ClNO2/c1-16(6-2-3-7-16)14(17)11-4-5-13-12(10-11)15(19)18-8-9-20-13/h4-5,10,14H,2-3,6-9H2,1H3,(H,18,19). The van der Waals surface area contributed by atoms with Crippen LogP contribution in [0.25, 0.3) is 0 Å². The highest BCUT2D eigenvalue weighted by Gasteiger charge is 2.37. The second-order valence-corrected chi connectivity index (χ2v) is 6.52. The lowest BCUT2D eigenvalue weighted by Crippen LogP contribution is -2.24. The zero-order valence-electron chi connectivity index (χ0n) is 11.7. The van der Waals surface area contributed by atoms with Gasteiger partial charge in [-0.05, 0) is 36.0 Å². The van der Waals surface area contributed by atoms with E-state index in [1.54, 1.807) is 0 Å². The van der Waals surface area contributed by atoms with Crippen LogP contribution in [-0.2, 0) is 0 Å². The Balaban J connectivity index is 1.93. The van der Waals surface area contributed by atoms with E-state index in [9.17, 15) is 4.79 Å². The van der Waals surface area contributed by atoms with E-state index in [1.165, 1.54) is 12.8 Å². The summed E-state index contributed by atoms with van der Waals surface area (Å²) in [6.45, 7) is 3.31. The number of hydrogen-bond acceptors (Lipinski definition) is 2. The van der Waals surface area contributed by atoms with Crippen molar-refractivity contribution in [3.05, 3.63) is 29.3 Å². The predicted octanol–water partition coefficient (Wildman–Crippen LogP) is 3.67. The molecular weight excluding hydrogens is 274 g/mol. The summed E-state index contributed by atoms with van der Waals surface area (Å²) in [5, 5.41) is 2.79. The summed E-state index contributed by atoms with van der Waals surface area (Å²) >= 11 is 6.71. The zero-order chi connectivity index (χ0) is 14.2. The van der Waals surface area contributed by atoms with E-state index in [1.807, 2.05) is 18.2 Å². The number of carbonyl (C=O) groups is 1. The molecule has 1 aliphatic heterocycles. The zero-order valence-corrected chi connectivity index (χ0v) is 12.5. The van der Waals surface area contributed by atoms with E-state index in [0.29, 0.717) is 24.5 Å². The molecule has 1 saturated carbocycles. The molecule has 2 aliphatic rings. The van der Waals surface area contributed by atoms with Gasteiger partial charge in [-0.1, -0.05) is 25.8 Å². The number of hydrogen-bond donors (Lipinski definition) is 1. The molecule has 1 unspecified atom stereocenters. The van der Waals surface area contributed by atoms with Gasteiger partial charge in [-0.2, -0.15) is 0 Å². The van der Waals surface area contributed by atoms with Gasteiger partial charge in [0.25, 0.3) is 5.91 Å². The molecule has 0 saturated heterocycles. The molecule has 20 heavy (non-hydrogen) atoms. The molecule has 0 bridgehead atoms. The average Bonchev–Trinajstić information content (AvgIpc) is 2.82. The normalized spacial score (nSPS) is 22.4. The SMILES string of the molecule is CC1(C(Cl)c2ccc3c(c2)C(=O)NCCO3)CCCC1. The fraction of sp³-hybridized carbons (Fsp3) is 0.562. The van der Waals surface area contributed by atoms with Crippen molar-refractivity contribution < 1.29 is 9.53 Å². The van der Waals surface area contributed by atoms with E-state index >= 15 is 0 Å². The Morgan fingerprint density at radius 3 is 2.85 bits per heavy atom. The van der Waals surface area contributed by atoms with Crippen LogP contribution in [0, 0.1) is 5.41 Å². The minimum atomic E-state index is -0.0696. The topological polar surface area (TPSA) is 38.3 Å². The van der Waals surface area contributed by atoms with Crippen LogP contribution in [0.4, 0.5) is 0 Å². The summed E-state index contributed by atoms with van der Waals surface area (Å²) in [6, 6.07) is 5.78. The van der Waals surface area contributed by atoms with Gasteiger partial charge in [0.05, 0.1) is 17.5 Å². The van der Waals surface area contributed by atoms with Crippen LogP contribution in [-0.4, -0.2) is 19.1 Å². The number of benzene rings is 1. The molecule has 1 amide bonds. The second-order valence-electron chi connectivity index (χ2n) is 6.08. The minimum Gasteiger partial charge on any atom is -0.491 e. The number of carbonyl (C=O) groups excluding carboxylic acids is 1. The second kappa shape index (κ2) is 5.28. The molecule has 1 atom stereocenters. The van der Waals surface area contributed by atoms with E-state index in [0.717, 1.165) is 18.4 Å². The third kappa shape index (κ3) is 2.39. The molecule has 0 radical (unpaired) electrons. The monoisotopic (exact) mass is 293 g/mol. The van der Waals surface area contributed by atoms with Crippen molar-refractivity contribution in [2.24, 2.45) is 5.41 Å². The van der Waals surface area contributed by atoms with Crippen molar-refractivity contribution in [3.63, 3.8) is 0 Å². The van der Waals surface area contributed by atoms with Gasteiger partial charge < -0.3 is 10.1 Å². The summed E-state index contributed by atoms with van der Waals surface area (Å²) in [4.78, 5) is 12.0. The molecule has 4 heteroatoms. The van der Waals surface area contributed by atoms with Crippen molar-refractivity contribution in [2.45, 2.75) is 38.0 Å². The smallest absolute Gasteiger partial charge is 0.255 e. The Hall–Kier alpha value is -1.22. The van der Waals surface area contributed by atoms with Gasteiger partial charge in [-0.3, -0.25) is 4.79 Å². The van der Waals surface area contributed by atoms with Crippen LogP contribution in [0.3, 0.4) is 0 Å². The Bertz CT molecular complexity index is 523. The van der Waals surface area contributed by atoms with Gasteiger partial charge in [0.15, 0.2) is 0 Å². The number of halogens is 1. The fourth-order valence-electron chi connectivity index (χ4n) is 3.27. The van der Waals surface area contributed by atoms with Crippen molar-refractivity contribution in [1.29, 1.82) is 0 Å². The molecule has 3 nitrogen and oxygen atoms in total. The Labute approximate surface area is 124 Å². The molecule has 1 aliphatic carbocycles. The third-order valence-electron chi connectivity index (χ3n) is 4.54. The highest BCUT2D eigenvalue weighted by Crippen LogP contribution is 2.50. The Morgan fingerprint density at radius 1 is 1.35 bits per heavy atom. The lowest BCUT2D eigenvalue weighted by atomic mass is 9.81. The van der Waals surface area contributed by atoms with Crippen LogP contribution in [0.5, 0.6) is 5.75 Å². The van der Waals surface area contributed by atoms with Crippen LogP contribution in [0.15, 0.2) is 18.2 Å². The number of nitrogens with one attached hydrogen (secondary N) is 1. The fourth-order valence-corrected chi connectivity index (χ4v) is 3.62. The van der Waals surface area contributed by atoms with Gasteiger partial charge in [-0.25, -0.2) is 0 Å². The van der Waals surface area contributed by atoms with E-state index in [-0.39, 0.29) is 16.7 Å². The van der Waals surface area contributed by atoms with Crippen molar-refractivity contribution in [1.82, 2.24) is 5.32 Å². The van der Waals surface area contributed by atoms with Crippen LogP contribution < -0.4 is 10.1 Å².